The van der Waals surface area contributed by atoms with Crippen LogP contribution in [-0.4, -0.2) is 67.4 Å². The number of carbonyl (C=O) groups is 2. The molecule has 7 heteroatoms. The number of hydrogen-bond donors (Lipinski definition) is 1. The number of methoxy groups -OCH3 is 1. The number of benzene rings is 1. The van der Waals surface area contributed by atoms with Crippen molar-refractivity contribution in [2.45, 2.75) is 12.2 Å². The van der Waals surface area contributed by atoms with E-state index in [2.05, 4.69) is 4.90 Å². The van der Waals surface area contributed by atoms with Gasteiger partial charge in [-0.1, -0.05) is 24.3 Å². The zero-order chi connectivity index (χ0) is 18.3. The Balaban J connectivity index is 1.44. The Morgan fingerprint density at radius 2 is 1.73 bits per heavy atom. The molecule has 0 saturated carbocycles. The minimum atomic E-state index is -0.965. The smallest absolute Gasteiger partial charge is 0.310 e. The lowest BCUT2D eigenvalue weighted by atomic mass is 9.82. The largest absolute Gasteiger partial charge is 0.495 e. The molecule has 2 saturated heterocycles. The fourth-order valence-electron chi connectivity index (χ4n) is 4.17. The van der Waals surface area contributed by atoms with Gasteiger partial charge >= 0.3 is 5.97 Å². The normalized spacial score (nSPS) is 29.9. The maximum absolute atomic E-state index is 13.0. The molecular weight excluding hydrogens is 336 g/mol. The highest BCUT2D eigenvalue weighted by molar-refractivity contribution is 5.87. The molecule has 2 bridgehead atoms. The highest BCUT2D eigenvalue weighted by Crippen LogP contribution is 2.40. The van der Waals surface area contributed by atoms with Gasteiger partial charge in [-0.25, -0.2) is 0 Å². The molecule has 26 heavy (non-hydrogen) atoms. The SMILES string of the molecule is COc1ccccc1N1CCN(C(=O)[C@H]2[C@@H](C(=O)O)[C@H]3C=C[C@@H]2O3)CC1. The Labute approximate surface area is 151 Å². The topological polar surface area (TPSA) is 79.3 Å². The van der Waals surface area contributed by atoms with Crippen LogP contribution in [0, 0.1) is 11.8 Å². The van der Waals surface area contributed by atoms with E-state index in [4.69, 9.17) is 9.47 Å². The van der Waals surface area contributed by atoms with Gasteiger partial charge in [-0.05, 0) is 12.1 Å². The lowest BCUT2D eigenvalue weighted by molar-refractivity contribution is -0.149. The van der Waals surface area contributed by atoms with Crippen molar-refractivity contribution in [3.63, 3.8) is 0 Å². The highest BCUT2D eigenvalue weighted by Gasteiger charge is 2.54. The number of amides is 1. The number of aliphatic carboxylic acids is 1. The molecule has 138 valence electrons. The van der Waals surface area contributed by atoms with Gasteiger partial charge in [0, 0.05) is 26.2 Å². The van der Waals surface area contributed by atoms with Crippen molar-refractivity contribution in [2.24, 2.45) is 11.8 Å². The Morgan fingerprint density at radius 3 is 2.38 bits per heavy atom. The quantitative estimate of drug-likeness (QED) is 0.809. The van der Waals surface area contributed by atoms with E-state index in [1.807, 2.05) is 30.3 Å². The number of piperazine rings is 1. The molecule has 0 aliphatic carbocycles. The van der Waals surface area contributed by atoms with Crippen molar-refractivity contribution in [1.29, 1.82) is 0 Å². The molecule has 1 N–H and O–H groups in total. The van der Waals surface area contributed by atoms with E-state index in [-0.39, 0.29) is 5.91 Å². The summed E-state index contributed by atoms with van der Waals surface area (Å²) in [5, 5.41) is 9.49. The number of rotatable bonds is 4. The molecule has 2 fully saturated rings. The first-order valence-electron chi connectivity index (χ1n) is 8.83. The van der Waals surface area contributed by atoms with Crippen LogP contribution in [0.5, 0.6) is 5.75 Å². The number of ether oxygens (including phenoxy) is 2. The third-order valence-corrected chi connectivity index (χ3v) is 5.49. The molecule has 3 heterocycles. The zero-order valence-electron chi connectivity index (χ0n) is 14.6. The van der Waals surface area contributed by atoms with Crippen LogP contribution < -0.4 is 9.64 Å². The predicted octanol–water partition coefficient (Wildman–Crippen LogP) is 0.998. The molecule has 1 aromatic rings. The number of anilines is 1. The summed E-state index contributed by atoms with van der Waals surface area (Å²) in [7, 11) is 1.65. The standard InChI is InChI=1S/C19H22N2O5/c1-25-13-5-3-2-4-12(13)20-8-10-21(11-9-20)18(22)16-14-6-7-15(26-14)17(16)19(23)24/h2-7,14-17H,8-11H2,1H3,(H,23,24)/t14-,15+,16+,17-/m0/s1. The van der Waals surface area contributed by atoms with Gasteiger partial charge in [-0.15, -0.1) is 0 Å². The molecular formula is C19H22N2O5. The lowest BCUT2D eigenvalue weighted by Crippen LogP contribution is -2.53. The summed E-state index contributed by atoms with van der Waals surface area (Å²) < 4.78 is 11.0. The number of carboxylic acids is 1. The number of nitrogens with zero attached hydrogens (tertiary/aromatic N) is 2. The van der Waals surface area contributed by atoms with Crippen LogP contribution in [0.3, 0.4) is 0 Å². The average Bonchev–Trinajstić information content (AvgIpc) is 3.29. The van der Waals surface area contributed by atoms with Crippen LogP contribution in [0.4, 0.5) is 5.69 Å². The molecule has 3 aliphatic heterocycles. The van der Waals surface area contributed by atoms with E-state index in [0.717, 1.165) is 11.4 Å². The maximum Gasteiger partial charge on any atom is 0.310 e. The van der Waals surface area contributed by atoms with Crippen LogP contribution >= 0.6 is 0 Å². The van der Waals surface area contributed by atoms with Gasteiger partial charge < -0.3 is 24.4 Å². The second kappa shape index (κ2) is 6.64. The van der Waals surface area contributed by atoms with E-state index >= 15 is 0 Å². The van der Waals surface area contributed by atoms with Gasteiger partial charge in [-0.2, -0.15) is 0 Å². The summed E-state index contributed by atoms with van der Waals surface area (Å²) in [6, 6.07) is 7.82. The molecule has 0 radical (unpaired) electrons. The molecule has 4 rings (SSSR count). The van der Waals surface area contributed by atoms with Crippen molar-refractivity contribution in [3.05, 3.63) is 36.4 Å². The molecule has 0 aromatic heterocycles. The van der Waals surface area contributed by atoms with Crippen molar-refractivity contribution in [3.8, 4) is 5.75 Å². The summed E-state index contributed by atoms with van der Waals surface area (Å²) >= 11 is 0. The van der Waals surface area contributed by atoms with Crippen LogP contribution in [0.25, 0.3) is 0 Å². The molecule has 0 spiro atoms. The summed E-state index contributed by atoms with van der Waals surface area (Å²) in [5.41, 5.74) is 1.01. The van der Waals surface area contributed by atoms with Crippen LogP contribution in [-0.2, 0) is 14.3 Å². The summed E-state index contributed by atoms with van der Waals surface area (Å²) in [4.78, 5) is 28.5. The second-order valence-corrected chi connectivity index (χ2v) is 6.82. The van der Waals surface area contributed by atoms with E-state index in [9.17, 15) is 14.7 Å². The Kier molecular flexibility index (Phi) is 4.32. The van der Waals surface area contributed by atoms with Gasteiger partial charge in [-0.3, -0.25) is 9.59 Å². The third kappa shape index (κ3) is 2.72. The third-order valence-electron chi connectivity index (χ3n) is 5.49. The number of carboxylic acid groups (broad SMARTS) is 1. The van der Waals surface area contributed by atoms with Crippen LogP contribution in [0.1, 0.15) is 0 Å². The average molecular weight is 358 g/mol. The van der Waals surface area contributed by atoms with Crippen molar-refractivity contribution in [2.75, 3.05) is 38.2 Å². The fourth-order valence-corrected chi connectivity index (χ4v) is 4.17. The first-order valence-corrected chi connectivity index (χ1v) is 8.83. The number of fused-ring (bicyclic) bond motifs is 2. The van der Waals surface area contributed by atoms with Gasteiger partial charge in [0.1, 0.15) is 11.7 Å². The molecule has 0 unspecified atom stereocenters. The lowest BCUT2D eigenvalue weighted by Gasteiger charge is -2.38. The van der Waals surface area contributed by atoms with Gasteiger partial charge in [0.05, 0.1) is 30.9 Å². The highest BCUT2D eigenvalue weighted by atomic mass is 16.5. The molecule has 4 atom stereocenters. The van der Waals surface area contributed by atoms with Crippen LogP contribution in [0.15, 0.2) is 36.4 Å². The summed E-state index contributed by atoms with van der Waals surface area (Å²) in [6.45, 7) is 2.48. The zero-order valence-corrected chi connectivity index (χ0v) is 14.6. The predicted molar refractivity (Wildman–Crippen MR) is 94.2 cm³/mol. The molecule has 3 aliphatic rings. The van der Waals surface area contributed by atoms with E-state index in [1.54, 1.807) is 18.1 Å². The van der Waals surface area contributed by atoms with Gasteiger partial charge in [0.2, 0.25) is 5.91 Å². The minimum Gasteiger partial charge on any atom is -0.495 e. The first kappa shape index (κ1) is 16.9. The van der Waals surface area contributed by atoms with Gasteiger partial charge in [0.15, 0.2) is 0 Å². The van der Waals surface area contributed by atoms with Gasteiger partial charge in [0.25, 0.3) is 0 Å². The monoisotopic (exact) mass is 358 g/mol. The van der Waals surface area contributed by atoms with E-state index < -0.39 is 30.0 Å². The van der Waals surface area contributed by atoms with E-state index in [1.165, 1.54) is 0 Å². The first-order chi connectivity index (χ1) is 12.6. The molecule has 7 nitrogen and oxygen atoms in total. The Hall–Kier alpha value is -2.54. The maximum atomic E-state index is 13.0. The van der Waals surface area contributed by atoms with Crippen molar-refractivity contribution >= 4 is 17.6 Å². The van der Waals surface area contributed by atoms with Crippen molar-refractivity contribution in [1.82, 2.24) is 4.90 Å². The van der Waals surface area contributed by atoms with Crippen LogP contribution in [0.2, 0.25) is 0 Å². The summed E-state index contributed by atoms with van der Waals surface area (Å²) in [6.07, 6.45) is 2.67. The van der Waals surface area contributed by atoms with Crippen molar-refractivity contribution < 1.29 is 24.2 Å². The molecule has 1 aromatic carbocycles. The number of hydrogen-bond acceptors (Lipinski definition) is 5. The minimum absolute atomic E-state index is 0.117. The number of carbonyl (C=O) groups excluding carboxylic acids is 1. The Bertz CT molecular complexity index is 741. The molecule has 1 amide bonds. The van der Waals surface area contributed by atoms with E-state index in [0.29, 0.717) is 26.2 Å². The Morgan fingerprint density at radius 1 is 1.08 bits per heavy atom. The second-order valence-electron chi connectivity index (χ2n) is 6.82. The fraction of sp³-hybridized carbons (Fsp3) is 0.474. The summed E-state index contributed by atoms with van der Waals surface area (Å²) in [5.74, 6) is -1.68. The number of para-hydroxylation sites is 2.